The number of amides is 1. The molecule has 0 radical (unpaired) electrons. The predicted molar refractivity (Wildman–Crippen MR) is 102 cm³/mol. The van der Waals surface area contributed by atoms with Gasteiger partial charge in [0.2, 0.25) is 0 Å². The molecule has 6 heteroatoms. The first-order valence-electron chi connectivity index (χ1n) is 7.58. The highest BCUT2D eigenvalue weighted by molar-refractivity contribution is 8.00. The molecule has 124 valence electrons. The van der Waals surface area contributed by atoms with Crippen molar-refractivity contribution < 1.29 is 9.53 Å². The van der Waals surface area contributed by atoms with E-state index in [4.69, 9.17) is 4.74 Å². The topological polar surface area (TPSA) is 51.2 Å². The number of rotatable bonds is 5. The first-order chi connectivity index (χ1) is 11.6. The Morgan fingerprint density at radius 2 is 2.04 bits per heavy atom. The van der Waals surface area contributed by atoms with Gasteiger partial charge in [-0.2, -0.15) is 0 Å². The van der Waals surface area contributed by atoms with Gasteiger partial charge in [-0.1, -0.05) is 37.3 Å². The zero-order chi connectivity index (χ0) is 17.1. The van der Waals surface area contributed by atoms with Crippen LogP contribution in [-0.4, -0.2) is 23.3 Å². The molecule has 1 N–H and O–H groups in total. The lowest BCUT2D eigenvalue weighted by molar-refractivity contribution is 0.102. The number of ether oxygens (including phenoxy) is 1. The van der Waals surface area contributed by atoms with Crippen molar-refractivity contribution in [2.75, 3.05) is 12.4 Å². The van der Waals surface area contributed by atoms with Crippen LogP contribution in [0.25, 0.3) is 10.2 Å². The van der Waals surface area contributed by atoms with Gasteiger partial charge < -0.3 is 4.74 Å². The smallest absolute Gasteiger partial charge is 0.258 e. The normalized spacial score (nSPS) is 11.0. The molecule has 3 aromatic rings. The molecule has 0 atom stereocenters. The van der Waals surface area contributed by atoms with Crippen LogP contribution in [0.15, 0.2) is 47.4 Å². The Hall–Kier alpha value is -2.05. The third-order valence-electron chi connectivity index (χ3n) is 3.31. The molecule has 4 nitrogen and oxygen atoms in total. The van der Waals surface area contributed by atoms with E-state index in [0.29, 0.717) is 15.9 Å². The minimum absolute atomic E-state index is 0.134. The first-order valence-corrected chi connectivity index (χ1v) is 9.28. The molecule has 1 heterocycles. The van der Waals surface area contributed by atoms with E-state index in [-0.39, 0.29) is 5.91 Å². The molecule has 24 heavy (non-hydrogen) atoms. The van der Waals surface area contributed by atoms with Crippen molar-refractivity contribution >= 4 is 44.4 Å². The molecule has 2 aromatic carbocycles. The van der Waals surface area contributed by atoms with Crippen molar-refractivity contribution in [3.05, 3.63) is 48.0 Å². The number of fused-ring (bicyclic) bond motifs is 1. The lowest BCUT2D eigenvalue weighted by atomic mass is 10.2. The zero-order valence-corrected chi connectivity index (χ0v) is 15.3. The summed E-state index contributed by atoms with van der Waals surface area (Å²) in [5.41, 5.74) is 1.52. The van der Waals surface area contributed by atoms with Gasteiger partial charge in [0.15, 0.2) is 5.13 Å². The van der Waals surface area contributed by atoms with E-state index in [1.54, 1.807) is 18.9 Å². The molecule has 1 amide bonds. The van der Waals surface area contributed by atoms with Crippen molar-refractivity contribution in [1.82, 2.24) is 4.98 Å². The SMILES string of the molecule is COc1ccc2nc(NC(=O)c3ccccc3SC(C)C)sc2c1. The maximum atomic E-state index is 12.6. The number of nitrogens with zero attached hydrogens (tertiary/aromatic N) is 1. The molecule has 1 aromatic heterocycles. The minimum Gasteiger partial charge on any atom is -0.497 e. The Balaban J connectivity index is 1.85. The molecule has 0 aliphatic heterocycles. The fourth-order valence-corrected chi connectivity index (χ4v) is 4.10. The second-order valence-corrected chi connectivity index (χ2v) is 8.12. The molecule has 0 saturated heterocycles. The van der Waals surface area contributed by atoms with Crippen LogP contribution in [0.4, 0.5) is 5.13 Å². The summed E-state index contributed by atoms with van der Waals surface area (Å²) < 4.78 is 6.20. The van der Waals surface area contributed by atoms with E-state index >= 15 is 0 Å². The summed E-state index contributed by atoms with van der Waals surface area (Å²) in [5.74, 6) is 0.646. The summed E-state index contributed by atoms with van der Waals surface area (Å²) >= 11 is 3.12. The molecule has 0 fully saturated rings. The number of hydrogen-bond acceptors (Lipinski definition) is 5. The Labute approximate surface area is 149 Å². The van der Waals surface area contributed by atoms with Gasteiger partial charge in [0, 0.05) is 10.1 Å². The summed E-state index contributed by atoms with van der Waals surface area (Å²) in [4.78, 5) is 18.1. The number of nitrogens with one attached hydrogen (secondary N) is 1. The number of hydrogen-bond donors (Lipinski definition) is 1. The van der Waals surface area contributed by atoms with Crippen LogP contribution in [0.2, 0.25) is 0 Å². The number of thiazole rings is 1. The molecule has 0 aliphatic rings. The van der Waals surface area contributed by atoms with E-state index in [2.05, 4.69) is 24.1 Å². The summed E-state index contributed by atoms with van der Waals surface area (Å²) in [7, 11) is 1.63. The fraction of sp³-hybridized carbons (Fsp3) is 0.222. The molecular formula is C18H18N2O2S2. The molecule has 0 unspecified atom stereocenters. The van der Waals surface area contributed by atoms with Gasteiger partial charge in [-0.3, -0.25) is 10.1 Å². The second kappa shape index (κ2) is 7.23. The summed E-state index contributed by atoms with van der Waals surface area (Å²) in [6.45, 7) is 4.22. The standard InChI is InChI=1S/C18H18N2O2S2/c1-11(2)23-15-7-5-4-6-13(15)17(21)20-18-19-14-9-8-12(22-3)10-16(14)24-18/h4-11H,1-3H3,(H,19,20,21). The number of thioether (sulfide) groups is 1. The van der Waals surface area contributed by atoms with Gasteiger partial charge in [0.05, 0.1) is 22.9 Å². The molecule has 0 bridgehead atoms. The molecule has 0 saturated carbocycles. The average Bonchev–Trinajstić information content (AvgIpc) is 2.95. The van der Waals surface area contributed by atoms with Gasteiger partial charge in [0.25, 0.3) is 5.91 Å². The predicted octanol–water partition coefficient (Wildman–Crippen LogP) is 5.06. The van der Waals surface area contributed by atoms with Crippen molar-refractivity contribution in [1.29, 1.82) is 0 Å². The fourth-order valence-electron chi connectivity index (χ4n) is 2.26. The van der Waals surface area contributed by atoms with E-state index in [1.807, 2.05) is 42.5 Å². The van der Waals surface area contributed by atoms with E-state index in [9.17, 15) is 4.79 Å². The van der Waals surface area contributed by atoms with Crippen LogP contribution in [-0.2, 0) is 0 Å². The Kier molecular flexibility index (Phi) is 5.06. The molecule has 0 aliphatic carbocycles. The number of anilines is 1. The quantitative estimate of drug-likeness (QED) is 0.648. The number of methoxy groups -OCH3 is 1. The first kappa shape index (κ1) is 16.8. The van der Waals surface area contributed by atoms with E-state index < -0.39 is 0 Å². The van der Waals surface area contributed by atoms with E-state index in [0.717, 1.165) is 20.9 Å². The summed E-state index contributed by atoms with van der Waals surface area (Å²) in [5, 5.41) is 3.91. The van der Waals surface area contributed by atoms with Crippen LogP contribution in [0, 0.1) is 0 Å². The van der Waals surface area contributed by atoms with Gasteiger partial charge in [-0.25, -0.2) is 4.98 Å². The third kappa shape index (κ3) is 3.71. The summed E-state index contributed by atoms with van der Waals surface area (Å²) in [6, 6.07) is 13.3. The van der Waals surface area contributed by atoms with Crippen LogP contribution < -0.4 is 10.1 Å². The summed E-state index contributed by atoms with van der Waals surface area (Å²) in [6.07, 6.45) is 0. The Bertz CT molecular complexity index is 874. The lowest BCUT2D eigenvalue weighted by Gasteiger charge is -2.10. The average molecular weight is 358 g/mol. The number of carbonyl (C=O) groups is 1. The lowest BCUT2D eigenvalue weighted by Crippen LogP contribution is -2.13. The second-order valence-electron chi connectivity index (χ2n) is 5.47. The maximum Gasteiger partial charge on any atom is 0.258 e. The van der Waals surface area contributed by atoms with E-state index in [1.165, 1.54) is 11.3 Å². The van der Waals surface area contributed by atoms with Crippen LogP contribution in [0.1, 0.15) is 24.2 Å². The van der Waals surface area contributed by atoms with Gasteiger partial charge in [-0.15, -0.1) is 11.8 Å². The van der Waals surface area contributed by atoms with Gasteiger partial charge in [-0.05, 0) is 30.3 Å². The monoisotopic (exact) mass is 358 g/mol. The molecule has 3 rings (SSSR count). The largest absolute Gasteiger partial charge is 0.497 e. The number of benzene rings is 2. The Morgan fingerprint density at radius 1 is 1.25 bits per heavy atom. The number of carbonyl (C=O) groups excluding carboxylic acids is 1. The van der Waals surface area contributed by atoms with Crippen molar-refractivity contribution in [3.63, 3.8) is 0 Å². The highest BCUT2D eigenvalue weighted by Crippen LogP contribution is 2.31. The van der Waals surface area contributed by atoms with Crippen LogP contribution in [0.5, 0.6) is 5.75 Å². The maximum absolute atomic E-state index is 12.6. The Morgan fingerprint density at radius 3 is 2.79 bits per heavy atom. The van der Waals surface area contributed by atoms with Crippen molar-refractivity contribution in [2.24, 2.45) is 0 Å². The number of aromatic nitrogens is 1. The van der Waals surface area contributed by atoms with Crippen LogP contribution >= 0.6 is 23.1 Å². The third-order valence-corrected chi connectivity index (χ3v) is 5.33. The molecule has 0 spiro atoms. The van der Waals surface area contributed by atoms with Crippen molar-refractivity contribution in [3.8, 4) is 5.75 Å². The zero-order valence-electron chi connectivity index (χ0n) is 13.7. The minimum atomic E-state index is -0.134. The highest BCUT2D eigenvalue weighted by atomic mass is 32.2. The van der Waals surface area contributed by atoms with Crippen molar-refractivity contribution in [2.45, 2.75) is 24.0 Å². The van der Waals surface area contributed by atoms with Crippen LogP contribution in [0.3, 0.4) is 0 Å². The molecular weight excluding hydrogens is 340 g/mol. The van der Waals surface area contributed by atoms with Gasteiger partial charge in [0.1, 0.15) is 5.75 Å². The van der Waals surface area contributed by atoms with Gasteiger partial charge >= 0.3 is 0 Å². The highest BCUT2D eigenvalue weighted by Gasteiger charge is 2.14.